The predicted octanol–water partition coefficient (Wildman–Crippen LogP) is 1.75. The lowest BCUT2D eigenvalue weighted by Crippen LogP contribution is -2.20. The van der Waals surface area contributed by atoms with Gasteiger partial charge in [-0.25, -0.2) is 3.97 Å². The third-order valence-corrected chi connectivity index (χ3v) is 2.39. The van der Waals surface area contributed by atoms with Crippen molar-refractivity contribution < 1.29 is 8.81 Å². The molecule has 0 unspecified atom stereocenters. The van der Waals surface area contributed by atoms with Gasteiger partial charge in [0.05, 0.1) is 4.92 Å². The number of hydrogen-bond donors (Lipinski definition) is 0. The number of pyridine rings is 1. The van der Waals surface area contributed by atoms with Crippen LogP contribution in [-0.2, 0) is 0 Å². The second-order valence-corrected chi connectivity index (χ2v) is 3.23. The maximum Gasteiger partial charge on any atom is 0.289 e. The molecule has 1 heterocycles. The molecule has 76 valence electrons. The van der Waals surface area contributed by atoms with Crippen LogP contribution in [0.15, 0.2) is 10.9 Å². The fraction of sp³-hybridized carbons (Fsp3) is 0.286. The minimum Gasteiger partial charge on any atom is -0.268 e. The van der Waals surface area contributed by atoms with Crippen LogP contribution in [0, 0.1) is 24.0 Å². The van der Waals surface area contributed by atoms with E-state index in [9.17, 15) is 18.8 Å². The summed E-state index contributed by atoms with van der Waals surface area (Å²) in [6.45, 7) is 2.73. The van der Waals surface area contributed by atoms with E-state index in [4.69, 9.17) is 0 Å². The van der Waals surface area contributed by atoms with Crippen LogP contribution < -0.4 is 5.56 Å². The minimum absolute atomic E-state index is 0.00176. The van der Waals surface area contributed by atoms with Crippen molar-refractivity contribution >= 4 is 18.0 Å². The molecule has 0 aliphatic carbocycles. The van der Waals surface area contributed by atoms with E-state index in [0.717, 1.165) is 6.07 Å². The third kappa shape index (κ3) is 1.63. The SMILES string of the molecule is Cc1cc([N+](=O)[O-])c(C)n(SF)c1=O. The van der Waals surface area contributed by atoms with Crippen molar-refractivity contribution in [1.29, 1.82) is 0 Å². The van der Waals surface area contributed by atoms with E-state index < -0.39 is 10.5 Å². The van der Waals surface area contributed by atoms with Crippen LogP contribution in [0.2, 0.25) is 0 Å². The summed E-state index contributed by atoms with van der Waals surface area (Å²) in [4.78, 5) is 21.1. The molecule has 14 heavy (non-hydrogen) atoms. The second-order valence-electron chi connectivity index (χ2n) is 2.72. The summed E-state index contributed by atoms with van der Waals surface area (Å²) in [5.41, 5.74) is -0.682. The number of nitrogens with zero attached hydrogens (tertiary/aromatic N) is 2. The monoisotopic (exact) mass is 218 g/mol. The van der Waals surface area contributed by atoms with Gasteiger partial charge in [0.15, 0.2) is 12.3 Å². The largest absolute Gasteiger partial charge is 0.289 e. The van der Waals surface area contributed by atoms with Crippen LogP contribution in [0.5, 0.6) is 0 Å². The molecule has 0 saturated heterocycles. The van der Waals surface area contributed by atoms with Crippen LogP contribution in [-0.4, -0.2) is 8.90 Å². The Bertz CT molecular complexity index is 443. The number of hydrogen-bond acceptors (Lipinski definition) is 4. The Labute approximate surface area is 83.1 Å². The second kappa shape index (κ2) is 3.79. The average Bonchev–Trinajstić information content (AvgIpc) is 2.12. The van der Waals surface area contributed by atoms with Crippen molar-refractivity contribution in [2.45, 2.75) is 13.8 Å². The Balaban J connectivity index is 3.59. The number of nitro groups is 1. The van der Waals surface area contributed by atoms with E-state index in [0.29, 0.717) is 3.97 Å². The van der Waals surface area contributed by atoms with E-state index in [1.54, 1.807) is 0 Å². The highest BCUT2D eigenvalue weighted by Crippen LogP contribution is 2.20. The van der Waals surface area contributed by atoms with E-state index in [2.05, 4.69) is 0 Å². The van der Waals surface area contributed by atoms with E-state index in [1.807, 2.05) is 0 Å². The molecule has 0 saturated carbocycles. The zero-order valence-electron chi connectivity index (χ0n) is 7.48. The first-order valence-electron chi connectivity index (χ1n) is 3.65. The smallest absolute Gasteiger partial charge is 0.268 e. The Kier molecular flexibility index (Phi) is 2.90. The predicted molar refractivity (Wildman–Crippen MR) is 50.9 cm³/mol. The molecular formula is C7H7FN2O3S. The molecule has 0 aliphatic heterocycles. The van der Waals surface area contributed by atoms with Gasteiger partial charge in [0.1, 0.15) is 5.69 Å². The van der Waals surface area contributed by atoms with Gasteiger partial charge in [0, 0.05) is 11.6 Å². The number of rotatable bonds is 2. The van der Waals surface area contributed by atoms with Gasteiger partial charge in [-0.15, -0.1) is 3.89 Å². The highest BCUT2D eigenvalue weighted by atomic mass is 32.2. The van der Waals surface area contributed by atoms with Gasteiger partial charge in [-0.3, -0.25) is 14.9 Å². The van der Waals surface area contributed by atoms with Crippen LogP contribution in [0.3, 0.4) is 0 Å². The summed E-state index contributed by atoms with van der Waals surface area (Å²) in [5.74, 6) is 0. The zero-order valence-corrected chi connectivity index (χ0v) is 8.30. The Hall–Kier alpha value is -1.37. The van der Waals surface area contributed by atoms with Crippen molar-refractivity contribution in [3.8, 4) is 0 Å². The fourth-order valence-electron chi connectivity index (χ4n) is 1.06. The van der Waals surface area contributed by atoms with Gasteiger partial charge in [-0.05, 0) is 13.8 Å². The van der Waals surface area contributed by atoms with Crippen LogP contribution in [0.4, 0.5) is 9.57 Å². The molecule has 0 aliphatic rings. The Morgan fingerprint density at radius 1 is 1.57 bits per heavy atom. The van der Waals surface area contributed by atoms with Gasteiger partial charge in [0.25, 0.3) is 11.2 Å². The third-order valence-electron chi connectivity index (χ3n) is 1.82. The van der Waals surface area contributed by atoms with Gasteiger partial charge in [-0.1, -0.05) is 0 Å². The molecule has 7 heteroatoms. The molecule has 0 spiro atoms. The van der Waals surface area contributed by atoms with Gasteiger partial charge >= 0.3 is 0 Å². The maximum atomic E-state index is 12.3. The first-order chi connectivity index (χ1) is 6.49. The normalized spacial score (nSPS) is 10.2. The summed E-state index contributed by atoms with van der Waals surface area (Å²) in [5, 5.41) is 10.5. The molecule has 1 aromatic rings. The fourth-order valence-corrected chi connectivity index (χ4v) is 1.46. The maximum absolute atomic E-state index is 12.3. The van der Waals surface area contributed by atoms with Gasteiger partial charge in [-0.2, -0.15) is 0 Å². The van der Waals surface area contributed by atoms with Crippen LogP contribution in [0.25, 0.3) is 0 Å². The summed E-state index contributed by atoms with van der Waals surface area (Å²) in [6, 6.07) is 1.14. The van der Waals surface area contributed by atoms with E-state index in [1.165, 1.54) is 13.8 Å². The van der Waals surface area contributed by atoms with Crippen LogP contribution in [0.1, 0.15) is 11.3 Å². The lowest BCUT2D eigenvalue weighted by Gasteiger charge is -2.04. The summed E-state index contributed by atoms with van der Waals surface area (Å²) in [6.07, 6.45) is 0. The first-order valence-corrected chi connectivity index (χ1v) is 4.33. The summed E-state index contributed by atoms with van der Waals surface area (Å²) < 4.78 is 13.0. The lowest BCUT2D eigenvalue weighted by molar-refractivity contribution is -0.385. The van der Waals surface area contributed by atoms with Crippen molar-refractivity contribution in [3.05, 3.63) is 37.8 Å². The standard InChI is InChI=1S/C7H7FN2O3S/c1-4-3-6(10(12)13)5(2)9(14-8)7(4)11/h3H,1-2H3. The lowest BCUT2D eigenvalue weighted by atomic mass is 10.2. The molecule has 5 nitrogen and oxygen atoms in total. The van der Waals surface area contributed by atoms with Crippen molar-refractivity contribution in [1.82, 2.24) is 3.97 Å². The van der Waals surface area contributed by atoms with Gasteiger partial charge in [0.2, 0.25) is 0 Å². The molecule has 0 radical (unpaired) electrons. The molecule has 0 atom stereocenters. The van der Waals surface area contributed by atoms with Crippen molar-refractivity contribution in [3.63, 3.8) is 0 Å². The molecule has 0 aromatic carbocycles. The minimum atomic E-state index is -0.644. The van der Waals surface area contributed by atoms with Crippen molar-refractivity contribution in [2.75, 3.05) is 0 Å². The quantitative estimate of drug-likeness (QED) is 0.560. The molecule has 0 fully saturated rings. The molecule has 1 rings (SSSR count). The zero-order chi connectivity index (χ0) is 10.9. The van der Waals surface area contributed by atoms with E-state index in [-0.39, 0.29) is 29.3 Å². The number of aromatic nitrogens is 1. The number of aryl methyl sites for hydroxylation is 1. The van der Waals surface area contributed by atoms with Gasteiger partial charge < -0.3 is 0 Å². The molecular weight excluding hydrogens is 211 g/mol. The Morgan fingerprint density at radius 2 is 2.14 bits per heavy atom. The Morgan fingerprint density at radius 3 is 2.57 bits per heavy atom. The average molecular weight is 218 g/mol. The van der Waals surface area contributed by atoms with E-state index >= 15 is 0 Å². The highest BCUT2D eigenvalue weighted by Gasteiger charge is 2.17. The summed E-state index contributed by atoms with van der Waals surface area (Å²) in [7, 11) is 0. The molecule has 0 amide bonds. The van der Waals surface area contributed by atoms with Crippen molar-refractivity contribution in [2.24, 2.45) is 0 Å². The molecule has 0 N–H and O–H groups in total. The molecule has 0 bridgehead atoms. The topological polar surface area (TPSA) is 65.1 Å². The van der Waals surface area contributed by atoms with Crippen LogP contribution >= 0.6 is 12.3 Å². The number of halogens is 1. The summed E-state index contributed by atoms with van der Waals surface area (Å²) >= 11 is -0.333. The highest BCUT2D eigenvalue weighted by molar-refractivity contribution is 7.92. The molecule has 1 aromatic heterocycles. The first kappa shape index (κ1) is 10.7.